The highest BCUT2D eigenvalue weighted by molar-refractivity contribution is 5.14. The quantitative estimate of drug-likeness (QED) is 0.220. The highest BCUT2D eigenvalue weighted by Gasteiger charge is 2.13. The van der Waals surface area contributed by atoms with E-state index in [1.165, 1.54) is 43.3 Å². The normalized spacial score (nSPS) is 16.4. The topological polar surface area (TPSA) is 52.0 Å². The number of terminal acetylenes is 2. The van der Waals surface area contributed by atoms with Crippen molar-refractivity contribution in [3.63, 3.8) is 0 Å². The third kappa shape index (κ3) is 55.9. The van der Waals surface area contributed by atoms with E-state index in [1.54, 1.807) is 0 Å². The van der Waals surface area contributed by atoms with Crippen molar-refractivity contribution in [1.82, 2.24) is 0 Å². The van der Waals surface area contributed by atoms with Crippen molar-refractivity contribution >= 4 is 0 Å². The van der Waals surface area contributed by atoms with Crippen molar-refractivity contribution in [2.45, 2.75) is 153 Å². The predicted molar refractivity (Wildman–Crippen MR) is 180 cm³/mol. The summed E-state index contributed by atoms with van der Waals surface area (Å²) in [5.41, 5.74) is 14.5. The summed E-state index contributed by atoms with van der Waals surface area (Å²) in [6, 6.07) is 0.858. The Morgan fingerprint density at radius 3 is 1.32 bits per heavy atom. The van der Waals surface area contributed by atoms with Crippen LogP contribution in [0.3, 0.4) is 0 Å². The summed E-state index contributed by atoms with van der Waals surface area (Å²) < 4.78 is 0. The highest BCUT2D eigenvalue weighted by Crippen LogP contribution is 2.26. The Labute approximate surface area is 238 Å². The van der Waals surface area contributed by atoms with Gasteiger partial charge < -0.3 is 11.5 Å². The Balaban J connectivity index is -0.0000000635. The van der Waals surface area contributed by atoms with E-state index in [4.69, 9.17) is 11.5 Å². The van der Waals surface area contributed by atoms with Crippen molar-refractivity contribution in [3.8, 4) is 25.7 Å². The van der Waals surface area contributed by atoms with Crippen LogP contribution >= 0.6 is 0 Å². The summed E-state index contributed by atoms with van der Waals surface area (Å²) in [5.74, 6) is 0.504. The molecule has 0 heterocycles. The van der Waals surface area contributed by atoms with Gasteiger partial charge in [0.25, 0.3) is 0 Å². The van der Waals surface area contributed by atoms with E-state index in [9.17, 15) is 0 Å². The lowest BCUT2D eigenvalue weighted by Crippen LogP contribution is -2.21. The largest absolute Gasteiger partial charge is 0.328 e. The molecular weight excluding hydrogens is 448 g/mol. The van der Waals surface area contributed by atoms with E-state index in [0.29, 0.717) is 23.4 Å². The second-order valence-electron chi connectivity index (χ2n) is 9.46. The minimum absolute atomic E-state index is 0.295. The smallest absolute Gasteiger partial charge is 0.00394 e. The van der Waals surface area contributed by atoms with E-state index < -0.39 is 0 Å². The SMILES string of the molecule is C#C.C#C.C=C(C)C(C)/C=C(\C)C(C)(C)C.C=CCC.CC.CC.CCCC.NC1CCCC(N)CC1. The maximum absolute atomic E-state index is 5.74. The zero-order valence-electron chi connectivity index (χ0n) is 27.9. The summed E-state index contributed by atoms with van der Waals surface area (Å²) in [5, 5.41) is 0. The molecule has 0 aliphatic heterocycles. The molecule has 3 unspecified atom stereocenters. The molecule has 3 atom stereocenters. The Hall–Kier alpha value is -1.74. The molecule has 4 N–H and O–H groups in total. The zero-order chi connectivity index (χ0) is 31.5. The molecule has 0 aromatic heterocycles. The molecule has 1 saturated carbocycles. The van der Waals surface area contributed by atoms with E-state index in [1.807, 2.05) is 33.8 Å². The molecule has 0 aromatic rings. The Morgan fingerprint density at radius 1 is 0.838 bits per heavy atom. The minimum Gasteiger partial charge on any atom is -0.328 e. The standard InChI is InChI=1S/C12H22.C7H16N2.C4H10.C4H8.2C2H6.2C2H2/c1-9(2)10(3)8-11(4)12(5,6)7;8-6-2-1-3-7(9)5-4-6;2*1-3-4-2;4*1-2/h8,10H,1H2,2-7H3;6-7H,1-5,8-9H2;3-4H2,1-2H3;3H,1,4H2,2H3;2*1-2H3;2*1-2H/b11-8+;;;;;;;. The van der Waals surface area contributed by atoms with Crippen LogP contribution in [0.5, 0.6) is 0 Å². The van der Waals surface area contributed by atoms with Crippen molar-refractivity contribution in [2.75, 3.05) is 0 Å². The maximum Gasteiger partial charge on any atom is 0.00394 e. The summed E-state index contributed by atoms with van der Waals surface area (Å²) in [7, 11) is 0. The molecule has 0 amide bonds. The number of unbranched alkanes of at least 4 members (excludes halogenated alkanes) is 1. The first-order chi connectivity index (χ1) is 17.4. The average molecular weight is 521 g/mol. The molecule has 37 heavy (non-hydrogen) atoms. The monoisotopic (exact) mass is 521 g/mol. The van der Waals surface area contributed by atoms with Crippen LogP contribution in [0.4, 0.5) is 0 Å². The molecule has 1 rings (SSSR count). The first kappa shape index (κ1) is 51.8. The second kappa shape index (κ2) is 44.3. The van der Waals surface area contributed by atoms with Gasteiger partial charge in [-0.05, 0) is 57.3 Å². The number of rotatable bonds is 4. The fourth-order valence-electron chi connectivity index (χ4n) is 2.13. The van der Waals surface area contributed by atoms with Crippen LogP contribution in [-0.2, 0) is 0 Å². The van der Waals surface area contributed by atoms with Crippen LogP contribution < -0.4 is 11.5 Å². The van der Waals surface area contributed by atoms with E-state index in [-0.39, 0.29) is 0 Å². The van der Waals surface area contributed by atoms with Crippen LogP contribution in [0.15, 0.2) is 36.5 Å². The Morgan fingerprint density at radius 2 is 1.14 bits per heavy atom. The first-order valence-corrected chi connectivity index (χ1v) is 14.5. The molecule has 1 aliphatic carbocycles. The van der Waals surface area contributed by atoms with Crippen LogP contribution in [0, 0.1) is 37.0 Å². The van der Waals surface area contributed by atoms with Gasteiger partial charge in [0.2, 0.25) is 0 Å². The van der Waals surface area contributed by atoms with E-state index in [0.717, 1.165) is 19.3 Å². The van der Waals surface area contributed by atoms with E-state index in [2.05, 4.69) is 107 Å². The van der Waals surface area contributed by atoms with Gasteiger partial charge in [-0.3, -0.25) is 0 Å². The predicted octanol–water partition coefficient (Wildman–Crippen LogP) is 10.7. The fraction of sp³-hybridized carbons (Fsp3) is 0.714. The summed E-state index contributed by atoms with van der Waals surface area (Å²) in [4.78, 5) is 0. The molecule has 0 radical (unpaired) electrons. The molecule has 222 valence electrons. The van der Waals surface area contributed by atoms with Crippen LogP contribution in [0.2, 0.25) is 0 Å². The third-order valence-electron chi connectivity index (χ3n) is 5.31. The van der Waals surface area contributed by atoms with Gasteiger partial charge in [0, 0.05) is 12.1 Å². The van der Waals surface area contributed by atoms with Crippen LogP contribution in [0.25, 0.3) is 0 Å². The highest BCUT2D eigenvalue weighted by atomic mass is 14.7. The van der Waals surface area contributed by atoms with Gasteiger partial charge in [-0.25, -0.2) is 0 Å². The molecule has 1 aliphatic rings. The van der Waals surface area contributed by atoms with Gasteiger partial charge in [0.1, 0.15) is 0 Å². The van der Waals surface area contributed by atoms with Gasteiger partial charge >= 0.3 is 0 Å². The lowest BCUT2D eigenvalue weighted by atomic mass is 9.85. The van der Waals surface area contributed by atoms with Crippen LogP contribution in [0.1, 0.15) is 141 Å². The van der Waals surface area contributed by atoms with Crippen molar-refractivity contribution in [2.24, 2.45) is 22.8 Å². The maximum atomic E-state index is 5.74. The Kier molecular flexibility index (Phi) is 62.0. The molecule has 0 saturated heterocycles. The first-order valence-electron chi connectivity index (χ1n) is 14.5. The van der Waals surface area contributed by atoms with Crippen LogP contribution in [-0.4, -0.2) is 12.1 Å². The van der Waals surface area contributed by atoms with Gasteiger partial charge in [-0.2, -0.15) is 0 Å². The molecule has 0 spiro atoms. The average Bonchev–Trinajstić information content (AvgIpc) is 3.11. The fourth-order valence-corrected chi connectivity index (χ4v) is 2.13. The van der Waals surface area contributed by atoms with Gasteiger partial charge in [-0.1, -0.05) is 125 Å². The lowest BCUT2D eigenvalue weighted by molar-refractivity contribution is 0.498. The molecular formula is C35H72N2. The third-order valence-corrected chi connectivity index (χ3v) is 5.31. The molecule has 1 fully saturated rings. The molecule has 0 bridgehead atoms. The number of nitrogens with two attached hydrogens (primary N) is 2. The van der Waals surface area contributed by atoms with Crippen molar-refractivity contribution in [3.05, 3.63) is 36.5 Å². The van der Waals surface area contributed by atoms with Gasteiger partial charge in [0.05, 0.1) is 0 Å². The number of hydrogen-bond donors (Lipinski definition) is 2. The van der Waals surface area contributed by atoms with Crippen molar-refractivity contribution < 1.29 is 0 Å². The zero-order valence-corrected chi connectivity index (χ0v) is 27.9. The molecule has 2 heteroatoms. The molecule has 2 nitrogen and oxygen atoms in total. The van der Waals surface area contributed by atoms with E-state index >= 15 is 0 Å². The summed E-state index contributed by atoms with van der Waals surface area (Å²) >= 11 is 0. The Bertz CT molecular complexity index is 470. The number of hydrogen-bond acceptors (Lipinski definition) is 2. The lowest BCUT2D eigenvalue weighted by Gasteiger charge is -2.21. The minimum atomic E-state index is 0.295. The summed E-state index contributed by atoms with van der Waals surface area (Å²) in [6.45, 7) is 35.0. The second-order valence-corrected chi connectivity index (χ2v) is 9.46. The van der Waals surface area contributed by atoms with Gasteiger partial charge in [-0.15, -0.1) is 32.3 Å². The summed E-state index contributed by atoms with van der Waals surface area (Å²) in [6.07, 6.45) is 29.7. The van der Waals surface area contributed by atoms with Crippen molar-refractivity contribution in [1.29, 1.82) is 0 Å². The molecule has 0 aromatic carbocycles. The van der Waals surface area contributed by atoms with Gasteiger partial charge in [0.15, 0.2) is 0 Å². The number of allylic oxidation sites excluding steroid dienone is 4.